The minimum absolute atomic E-state index is 0.299. The van der Waals surface area contributed by atoms with Crippen molar-refractivity contribution in [3.63, 3.8) is 0 Å². The zero-order valence-electron chi connectivity index (χ0n) is 16.4. The molecular formula is C24H26N2O2. The number of pyridine rings is 1. The van der Waals surface area contributed by atoms with Gasteiger partial charge in [0.1, 0.15) is 11.8 Å². The third kappa shape index (κ3) is 2.94. The molecule has 4 heteroatoms. The molecule has 4 bridgehead atoms. The Morgan fingerprint density at radius 3 is 2.36 bits per heavy atom. The lowest BCUT2D eigenvalue weighted by molar-refractivity contribution is -0.0744. The number of aromatic nitrogens is 1. The maximum absolute atomic E-state index is 9.70. The quantitative estimate of drug-likeness (QED) is 0.719. The number of hydrogen-bond acceptors (Lipinski definition) is 4. The van der Waals surface area contributed by atoms with Crippen LogP contribution in [-0.2, 0) is 0 Å². The number of nitriles is 1. The highest BCUT2D eigenvalue weighted by Crippen LogP contribution is 2.60. The highest BCUT2D eigenvalue weighted by atomic mass is 16.5. The van der Waals surface area contributed by atoms with Crippen LogP contribution in [0, 0.1) is 34.5 Å². The van der Waals surface area contributed by atoms with Gasteiger partial charge in [0.25, 0.3) is 0 Å². The molecule has 4 fully saturated rings. The highest BCUT2D eigenvalue weighted by molar-refractivity contribution is 5.77. The molecule has 2 aromatic rings. The first kappa shape index (κ1) is 17.6. The molecule has 1 aromatic heterocycles. The molecule has 1 heterocycles. The molecule has 0 radical (unpaired) electrons. The van der Waals surface area contributed by atoms with Crippen molar-refractivity contribution in [2.24, 2.45) is 23.2 Å². The van der Waals surface area contributed by atoms with Crippen molar-refractivity contribution in [3.05, 3.63) is 42.1 Å². The Kier molecular flexibility index (Phi) is 4.27. The molecular weight excluding hydrogens is 348 g/mol. The summed E-state index contributed by atoms with van der Waals surface area (Å²) in [6.07, 6.45) is 9.86. The molecule has 144 valence electrons. The Bertz CT molecular complexity index is 895. The minimum Gasteiger partial charge on any atom is -0.491 e. The van der Waals surface area contributed by atoms with E-state index in [1.54, 1.807) is 13.3 Å². The number of nitrogens with zero attached hydrogens (tertiary/aromatic N) is 2. The summed E-state index contributed by atoms with van der Waals surface area (Å²) < 4.78 is 11.9. The van der Waals surface area contributed by atoms with Crippen LogP contribution in [0.2, 0.25) is 0 Å². The van der Waals surface area contributed by atoms with E-state index in [4.69, 9.17) is 9.47 Å². The van der Waals surface area contributed by atoms with Crippen LogP contribution >= 0.6 is 0 Å². The molecule has 0 amide bonds. The average molecular weight is 374 g/mol. The van der Waals surface area contributed by atoms with Crippen LogP contribution < -0.4 is 9.47 Å². The van der Waals surface area contributed by atoms with Gasteiger partial charge in [0.05, 0.1) is 19.3 Å². The first-order valence-electron chi connectivity index (χ1n) is 10.3. The van der Waals surface area contributed by atoms with Gasteiger partial charge in [-0.1, -0.05) is 12.1 Å². The first-order chi connectivity index (χ1) is 13.7. The van der Waals surface area contributed by atoms with Gasteiger partial charge in [0.15, 0.2) is 0 Å². The van der Waals surface area contributed by atoms with Gasteiger partial charge in [-0.3, -0.25) is 0 Å². The SMILES string of the molecule is COc1ncccc1-c1cccc(C#N)c1OCC12CC3CC(CC(C3)C1)C2. The second kappa shape index (κ2) is 6.81. The Morgan fingerprint density at radius 2 is 1.71 bits per heavy atom. The van der Waals surface area contributed by atoms with Crippen molar-refractivity contribution in [1.82, 2.24) is 4.98 Å². The lowest BCUT2D eigenvalue weighted by atomic mass is 9.50. The summed E-state index contributed by atoms with van der Waals surface area (Å²) in [7, 11) is 1.62. The van der Waals surface area contributed by atoms with Crippen LogP contribution in [0.3, 0.4) is 0 Å². The van der Waals surface area contributed by atoms with Crippen LogP contribution in [0.25, 0.3) is 11.1 Å². The van der Waals surface area contributed by atoms with Crippen molar-refractivity contribution in [1.29, 1.82) is 5.26 Å². The predicted molar refractivity (Wildman–Crippen MR) is 107 cm³/mol. The van der Waals surface area contributed by atoms with Gasteiger partial charge in [-0.15, -0.1) is 0 Å². The van der Waals surface area contributed by atoms with Crippen molar-refractivity contribution in [3.8, 4) is 28.8 Å². The van der Waals surface area contributed by atoms with E-state index in [1.165, 1.54) is 38.5 Å². The molecule has 4 aliphatic carbocycles. The molecule has 0 spiro atoms. The monoisotopic (exact) mass is 374 g/mol. The standard InChI is InChI=1S/C24H26N2O2/c1-27-23-21(6-3-7-26-23)20-5-2-4-19(14-25)22(20)28-15-24-11-16-8-17(12-24)10-18(9-16)13-24/h2-7,16-18H,8-13,15H2,1H3. The number of rotatable bonds is 5. The highest BCUT2D eigenvalue weighted by Gasteiger charge is 2.51. The van der Waals surface area contributed by atoms with Crippen LogP contribution in [0.15, 0.2) is 36.5 Å². The topological polar surface area (TPSA) is 55.1 Å². The smallest absolute Gasteiger partial charge is 0.221 e. The van der Waals surface area contributed by atoms with E-state index in [2.05, 4.69) is 11.1 Å². The van der Waals surface area contributed by atoms with Crippen LogP contribution in [0.4, 0.5) is 0 Å². The number of benzene rings is 1. The first-order valence-corrected chi connectivity index (χ1v) is 10.3. The fraction of sp³-hybridized carbons (Fsp3) is 0.500. The van der Waals surface area contributed by atoms with Crippen LogP contribution in [0.1, 0.15) is 44.1 Å². The Morgan fingerprint density at radius 1 is 1.04 bits per heavy atom. The Balaban J connectivity index is 1.48. The number of hydrogen-bond donors (Lipinski definition) is 0. The number of methoxy groups -OCH3 is 1. The zero-order valence-corrected chi connectivity index (χ0v) is 16.4. The van der Waals surface area contributed by atoms with Crippen LogP contribution in [0.5, 0.6) is 11.6 Å². The van der Waals surface area contributed by atoms with Crippen molar-refractivity contribution < 1.29 is 9.47 Å². The van der Waals surface area contributed by atoms with E-state index >= 15 is 0 Å². The Hall–Kier alpha value is -2.54. The third-order valence-electron chi connectivity index (χ3n) is 7.08. The maximum Gasteiger partial charge on any atom is 0.221 e. The van der Waals surface area contributed by atoms with E-state index in [0.29, 0.717) is 29.2 Å². The molecule has 6 rings (SSSR count). The summed E-state index contributed by atoms with van der Waals surface area (Å²) in [6.45, 7) is 0.713. The molecule has 28 heavy (non-hydrogen) atoms. The summed E-state index contributed by atoms with van der Waals surface area (Å²) >= 11 is 0. The summed E-state index contributed by atoms with van der Waals surface area (Å²) in [5.74, 6) is 3.89. The summed E-state index contributed by atoms with van der Waals surface area (Å²) in [4.78, 5) is 4.32. The number of ether oxygens (including phenoxy) is 2. The minimum atomic E-state index is 0.299. The normalized spacial score (nSPS) is 30.1. The maximum atomic E-state index is 9.70. The van der Waals surface area contributed by atoms with Crippen LogP contribution in [-0.4, -0.2) is 18.7 Å². The van der Waals surface area contributed by atoms with Gasteiger partial charge >= 0.3 is 0 Å². The average Bonchev–Trinajstić information content (AvgIpc) is 2.71. The lowest BCUT2D eigenvalue weighted by Crippen LogP contribution is -2.48. The van der Waals surface area contributed by atoms with Gasteiger partial charge < -0.3 is 9.47 Å². The fourth-order valence-electron chi connectivity index (χ4n) is 6.44. The van der Waals surface area contributed by atoms with E-state index in [0.717, 1.165) is 28.9 Å². The Labute approximate surface area is 166 Å². The largest absolute Gasteiger partial charge is 0.491 e. The molecule has 0 saturated heterocycles. The molecule has 4 saturated carbocycles. The molecule has 4 nitrogen and oxygen atoms in total. The molecule has 4 aliphatic rings. The zero-order chi connectivity index (χ0) is 19.1. The van der Waals surface area contributed by atoms with E-state index in [9.17, 15) is 5.26 Å². The second-order valence-corrected chi connectivity index (χ2v) is 9.06. The number of para-hydroxylation sites is 1. The van der Waals surface area contributed by atoms with Gasteiger partial charge in [-0.2, -0.15) is 5.26 Å². The van der Waals surface area contributed by atoms with Gasteiger partial charge in [0.2, 0.25) is 5.88 Å². The van der Waals surface area contributed by atoms with Gasteiger partial charge in [0, 0.05) is 22.7 Å². The van der Waals surface area contributed by atoms with Crippen molar-refractivity contribution >= 4 is 0 Å². The summed E-state index contributed by atoms with van der Waals surface area (Å²) in [6, 6.07) is 11.9. The molecule has 0 atom stereocenters. The van der Waals surface area contributed by atoms with E-state index < -0.39 is 0 Å². The van der Waals surface area contributed by atoms with E-state index in [1.807, 2.05) is 30.3 Å². The second-order valence-electron chi connectivity index (χ2n) is 9.06. The van der Waals surface area contributed by atoms with Gasteiger partial charge in [-0.05, 0) is 74.5 Å². The lowest BCUT2D eigenvalue weighted by Gasteiger charge is -2.56. The van der Waals surface area contributed by atoms with E-state index in [-0.39, 0.29) is 0 Å². The molecule has 1 aromatic carbocycles. The molecule has 0 aliphatic heterocycles. The molecule has 0 unspecified atom stereocenters. The summed E-state index contributed by atoms with van der Waals surface area (Å²) in [5, 5.41) is 9.70. The predicted octanol–water partition coefficient (Wildman–Crippen LogP) is 5.22. The molecule has 0 N–H and O–H groups in total. The van der Waals surface area contributed by atoms with Gasteiger partial charge in [-0.25, -0.2) is 4.98 Å². The van der Waals surface area contributed by atoms with Crippen molar-refractivity contribution in [2.75, 3.05) is 13.7 Å². The summed E-state index contributed by atoms with van der Waals surface area (Å²) in [5.41, 5.74) is 2.62. The van der Waals surface area contributed by atoms with Crippen molar-refractivity contribution in [2.45, 2.75) is 38.5 Å². The third-order valence-corrected chi connectivity index (χ3v) is 7.08. The fourth-order valence-corrected chi connectivity index (χ4v) is 6.44.